The van der Waals surface area contributed by atoms with Gasteiger partial charge in [-0.05, 0) is 55.9 Å². The van der Waals surface area contributed by atoms with Gasteiger partial charge in [-0.15, -0.1) is 0 Å². The van der Waals surface area contributed by atoms with E-state index >= 15 is 0 Å². The van der Waals surface area contributed by atoms with Gasteiger partial charge in [-0.3, -0.25) is 0 Å². The number of hydrogen-bond acceptors (Lipinski definition) is 3. The summed E-state index contributed by atoms with van der Waals surface area (Å²) in [5.41, 5.74) is 1.82. The van der Waals surface area contributed by atoms with Crippen molar-refractivity contribution in [3.8, 4) is 5.75 Å². The molecule has 3 nitrogen and oxygen atoms in total. The lowest BCUT2D eigenvalue weighted by atomic mass is 9.91. The summed E-state index contributed by atoms with van der Waals surface area (Å²) in [7, 11) is 0. The van der Waals surface area contributed by atoms with Crippen molar-refractivity contribution in [3.63, 3.8) is 0 Å². The smallest absolute Gasteiger partial charge is 0.119 e. The first kappa shape index (κ1) is 17.3. The predicted octanol–water partition coefficient (Wildman–Crippen LogP) is 3.56. The van der Waals surface area contributed by atoms with Crippen LogP contribution >= 0.6 is 0 Å². The monoisotopic (exact) mass is 305 g/mol. The molecule has 0 spiro atoms. The quantitative estimate of drug-likeness (QED) is 0.872. The number of piperidine rings is 1. The molecule has 1 N–H and O–H groups in total. The van der Waals surface area contributed by atoms with Gasteiger partial charge in [0.1, 0.15) is 18.0 Å². The molecule has 1 aliphatic heterocycles. The molecule has 1 fully saturated rings. The molecule has 22 heavy (non-hydrogen) atoms. The lowest BCUT2D eigenvalue weighted by molar-refractivity contribution is -0.0541. The average Bonchev–Trinajstić information content (AvgIpc) is 2.51. The van der Waals surface area contributed by atoms with Gasteiger partial charge in [-0.1, -0.05) is 26.3 Å². The average molecular weight is 305 g/mol. The molecule has 1 unspecified atom stereocenters. The topological polar surface area (TPSA) is 32.7 Å². The Morgan fingerprint density at radius 2 is 1.91 bits per heavy atom. The van der Waals surface area contributed by atoms with Gasteiger partial charge in [0.25, 0.3) is 0 Å². The van der Waals surface area contributed by atoms with Crippen LogP contribution in [0, 0.1) is 19.8 Å². The Labute approximate surface area is 135 Å². The van der Waals surface area contributed by atoms with E-state index in [1.165, 1.54) is 17.5 Å². The SMILES string of the molecule is CCC(C)CN1CCC(O)(COc2ccc(C)c(C)c2)CC1. The maximum atomic E-state index is 10.7. The molecule has 124 valence electrons. The second-order valence-electron chi connectivity index (χ2n) is 7.07. The van der Waals surface area contributed by atoms with Gasteiger partial charge in [0, 0.05) is 19.6 Å². The predicted molar refractivity (Wildman–Crippen MR) is 91.5 cm³/mol. The number of likely N-dealkylation sites (tertiary alicyclic amines) is 1. The molecular formula is C19H31NO2. The fourth-order valence-electron chi connectivity index (χ4n) is 2.89. The van der Waals surface area contributed by atoms with Gasteiger partial charge in [0.15, 0.2) is 0 Å². The van der Waals surface area contributed by atoms with Gasteiger partial charge in [0.2, 0.25) is 0 Å². The van der Waals surface area contributed by atoms with Crippen LogP contribution < -0.4 is 4.74 Å². The van der Waals surface area contributed by atoms with Gasteiger partial charge in [0.05, 0.1) is 0 Å². The van der Waals surface area contributed by atoms with Crippen molar-refractivity contribution in [2.45, 2.75) is 52.6 Å². The van der Waals surface area contributed by atoms with Crippen LogP contribution in [-0.2, 0) is 0 Å². The molecule has 0 aliphatic carbocycles. The minimum atomic E-state index is -0.676. The Morgan fingerprint density at radius 1 is 1.23 bits per heavy atom. The molecule has 1 atom stereocenters. The highest BCUT2D eigenvalue weighted by Gasteiger charge is 2.33. The molecule has 3 heteroatoms. The second-order valence-corrected chi connectivity index (χ2v) is 7.07. The van der Waals surface area contributed by atoms with Crippen molar-refractivity contribution < 1.29 is 9.84 Å². The first-order valence-corrected chi connectivity index (χ1v) is 8.56. The summed E-state index contributed by atoms with van der Waals surface area (Å²) in [6, 6.07) is 6.12. The normalized spacial score (nSPS) is 19.9. The lowest BCUT2D eigenvalue weighted by Gasteiger charge is -2.38. The van der Waals surface area contributed by atoms with Crippen LogP contribution in [0.4, 0.5) is 0 Å². The van der Waals surface area contributed by atoms with E-state index in [4.69, 9.17) is 4.74 Å². The van der Waals surface area contributed by atoms with E-state index in [2.05, 4.69) is 44.7 Å². The minimum Gasteiger partial charge on any atom is -0.491 e. The van der Waals surface area contributed by atoms with Gasteiger partial charge >= 0.3 is 0 Å². The number of hydrogen-bond donors (Lipinski definition) is 1. The summed E-state index contributed by atoms with van der Waals surface area (Å²) in [5.74, 6) is 1.59. The fourth-order valence-corrected chi connectivity index (χ4v) is 2.89. The van der Waals surface area contributed by atoms with Crippen molar-refractivity contribution >= 4 is 0 Å². The maximum absolute atomic E-state index is 10.7. The van der Waals surface area contributed by atoms with E-state index in [0.717, 1.165) is 44.1 Å². The zero-order chi connectivity index (χ0) is 16.2. The number of nitrogens with zero attached hydrogens (tertiary/aromatic N) is 1. The molecule has 1 aliphatic rings. The van der Waals surface area contributed by atoms with E-state index < -0.39 is 5.60 Å². The molecule has 1 aromatic carbocycles. The van der Waals surface area contributed by atoms with Gasteiger partial charge < -0.3 is 14.7 Å². The molecule has 0 bridgehead atoms. The Bertz CT molecular complexity index is 478. The fraction of sp³-hybridized carbons (Fsp3) is 0.684. The Morgan fingerprint density at radius 3 is 2.50 bits per heavy atom. The molecule has 1 heterocycles. The highest BCUT2D eigenvalue weighted by Crippen LogP contribution is 2.25. The van der Waals surface area contributed by atoms with Crippen molar-refractivity contribution in [2.24, 2.45) is 5.92 Å². The highest BCUT2D eigenvalue weighted by atomic mass is 16.5. The Kier molecular flexibility index (Phi) is 5.87. The zero-order valence-corrected chi connectivity index (χ0v) is 14.6. The largest absolute Gasteiger partial charge is 0.491 e. The lowest BCUT2D eigenvalue weighted by Crippen LogP contribution is -2.48. The number of rotatable bonds is 6. The van der Waals surface area contributed by atoms with Crippen LogP contribution in [0.5, 0.6) is 5.75 Å². The summed E-state index contributed by atoms with van der Waals surface area (Å²) in [6.07, 6.45) is 2.82. The van der Waals surface area contributed by atoms with E-state index in [0.29, 0.717) is 6.61 Å². The maximum Gasteiger partial charge on any atom is 0.119 e. The van der Waals surface area contributed by atoms with E-state index in [1.54, 1.807) is 0 Å². The van der Waals surface area contributed by atoms with E-state index in [9.17, 15) is 5.11 Å². The third kappa shape index (κ3) is 4.72. The Balaban J connectivity index is 1.82. The summed E-state index contributed by atoms with van der Waals surface area (Å²) in [4.78, 5) is 2.47. The summed E-state index contributed by atoms with van der Waals surface area (Å²) in [5, 5.41) is 10.7. The van der Waals surface area contributed by atoms with Crippen molar-refractivity contribution in [2.75, 3.05) is 26.2 Å². The number of ether oxygens (including phenoxy) is 1. The number of benzene rings is 1. The molecular weight excluding hydrogens is 274 g/mol. The van der Waals surface area contributed by atoms with Crippen LogP contribution in [0.25, 0.3) is 0 Å². The van der Waals surface area contributed by atoms with Crippen molar-refractivity contribution in [3.05, 3.63) is 29.3 Å². The summed E-state index contributed by atoms with van der Waals surface area (Å²) in [6.45, 7) is 12.2. The number of aryl methyl sites for hydroxylation is 2. The van der Waals surface area contributed by atoms with Gasteiger partial charge in [-0.2, -0.15) is 0 Å². The van der Waals surface area contributed by atoms with Crippen LogP contribution in [-0.4, -0.2) is 41.8 Å². The first-order valence-electron chi connectivity index (χ1n) is 8.56. The van der Waals surface area contributed by atoms with Crippen LogP contribution in [0.2, 0.25) is 0 Å². The molecule has 1 saturated heterocycles. The van der Waals surface area contributed by atoms with E-state index in [1.807, 2.05) is 6.07 Å². The van der Waals surface area contributed by atoms with Crippen LogP contribution in [0.3, 0.4) is 0 Å². The zero-order valence-electron chi connectivity index (χ0n) is 14.6. The van der Waals surface area contributed by atoms with E-state index in [-0.39, 0.29) is 0 Å². The molecule has 0 aromatic heterocycles. The first-order chi connectivity index (χ1) is 10.4. The highest BCUT2D eigenvalue weighted by molar-refractivity contribution is 5.33. The van der Waals surface area contributed by atoms with Crippen LogP contribution in [0.15, 0.2) is 18.2 Å². The standard InChI is InChI=1S/C19H31NO2/c1-5-15(2)13-20-10-8-19(21,9-11-20)14-22-18-7-6-16(3)17(4)12-18/h6-7,12,15,21H,5,8-11,13-14H2,1-4H3. The third-order valence-corrected chi connectivity index (χ3v) is 5.04. The number of aliphatic hydroxyl groups is 1. The third-order valence-electron chi connectivity index (χ3n) is 5.04. The molecule has 1 aromatic rings. The molecule has 0 amide bonds. The molecule has 2 rings (SSSR count). The van der Waals surface area contributed by atoms with Crippen molar-refractivity contribution in [1.82, 2.24) is 4.90 Å². The summed E-state index contributed by atoms with van der Waals surface area (Å²) < 4.78 is 5.85. The van der Waals surface area contributed by atoms with Crippen molar-refractivity contribution in [1.29, 1.82) is 0 Å². The molecule has 0 saturated carbocycles. The molecule has 0 radical (unpaired) electrons. The minimum absolute atomic E-state index is 0.396. The van der Waals surface area contributed by atoms with Crippen LogP contribution in [0.1, 0.15) is 44.2 Å². The second kappa shape index (κ2) is 7.47. The summed E-state index contributed by atoms with van der Waals surface area (Å²) >= 11 is 0. The Hall–Kier alpha value is -1.06. The van der Waals surface area contributed by atoms with Gasteiger partial charge in [-0.25, -0.2) is 0 Å².